The van der Waals surface area contributed by atoms with Crippen molar-refractivity contribution in [3.8, 4) is 5.75 Å². The molecule has 2 amide bonds. The van der Waals surface area contributed by atoms with Crippen molar-refractivity contribution < 1.29 is 14.3 Å². The van der Waals surface area contributed by atoms with Gasteiger partial charge in [0.1, 0.15) is 11.4 Å². The van der Waals surface area contributed by atoms with Gasteiger partial charge >= 0.3 is 0 Å². The minimum atomic E-state index is -0.226. The summed E-state index contributed by atoms with van der Waals surface area (Å²) in [4.78, 5) is 32.5. The molecule has 0 atom stereocenters. The number of carbonyl (C=O) groups excluding carboxylic acids is 2. The van der Waals surface area contributed by atoms with E-state index < -0.39 is 0 Å². The van der Waals surface area contributed by atoms with Crippen molar-refractivity contribution in [3.63, 3.8) is 0 Å². The molecule has 1 aliphatic heterocycles. The lowest BCUT2D eigenvalue weighted by Crippen LogP contribution is -2.31. The lowest BCUT2D eigenvalue weighted by molar-refractivity contribution is -0.114. The second-order valence-electron chi connectivity index (χ2n) is 9.32. The van der Waals surface area contributed by atoms with Crippen LogP contribution in [0, 0.1) is 13.8 Å². The summed E-state index contributed by atoms with van der Waals surface area (Å²) in [5.74, 6) is 0.486. The second kappa shape index (κ2) is 12.6. The van der Waals surface area contributed by atoms with Crippen molar-refractivity contribution in [2.45, 2.75) is 40.0 Å². The first-order valence-corrected chi connectivity index (χ1v) is 13.7. The molecule has 0 bridgehead atoms. The van der Waals surface area contributed by atoms with Crippen LogP contribution in [0.3, 0.4) is 0 Å². The third-order valence-electron chi connectivity index (χ3n) is 6.10. The maximum absolute atomic E-state index is 13.5. The van der Waals surface area contributed by atoms with Gasteiger partial charge in [-0.1, -0.05) is 55.4 Å². The van der Waals surface area contributed by atoms with Crippen LogP contribution in [0.2, 0.25) is 0 Å². The lowest BCUT2D eigenvalue weighted by atomic mass is 10.1. The zero-order valence-electron chi connectivity index (χ0n) is 22.3. The van der Waals surface area contributed by atoms with Gasteiger partial charge in [-0.3, -0.25) is 14.5 Å². The predicted octanol–water partition coefficient (Wildman–Crippen LogP) is 6.77. The lowest BCUT2D eigenvalue weighted by Gasteiger charge is -2.19. The van der Waals surface area contributed by atoms with Gasteiger partial charge in [-0.15, -0.1) is 0 Å². The number of thioether (sulfide) groups is 1. The third kappa shape index (κ3) is 6.92. The van der Waals surface area contributed by atoms with Crippen LogP contribution in [0.15, 0.2) is 77.4 Å². The number of methoxy groups -OCH3 is 1. The number of aliphatic imine (C=N–C) groups is 1. The van der Waals surface area contributed by atoms with E-state index in [1.165, 1.54) is 17.3 Å². The molecule has 0 radical (unpaired) electrons. The van der Waals surface area contributed by atoms with Gasteiger partial charge < -0.3 is 10.1 Å². The number of nitrogens with one attached hydrogen (secondary N) is 1. The van der Waals surface area contributed by atoms with E-state index in [1.54, 1.807) is 18.1 Å². The van der Waals surface area contributed by atoms with Crippen LogP contribution >= 0.6 is 11.8 Å². The molecule has 0 saturated heterocycles. The van der Waals surface area contributed by atoms with Crippen molar-refractivity contribution in [2.75, 3.05) is 23.1 Å². The highest BCUT2D eigenvalue weighted by atomic mass is 32.2. The summed E-state index contributed by atoms with van der Waals surface area (Å²) >= 11 is 1.25. The number of hydrogen-bond acceptors (Lipinski definition) is 5. The van der Waals surface area contributed by atoms with Gasteiger partial charge in [0.05, 0.1) is 18.6 Å². The number of carbonyl (C=O) groups is 2. The highest BCUT2D eigenvalue weighted by Gasteiger charge is 2.32. The number of rotatable bonds is 9. The summed E-state index contributed by atoms with van der Waals surface area (Å²) in [6.07, 6.45) is 5.09. The van der Waals surface area contributed by atoms with E-state index in [0.717, 1.165) is 53.1 Å². The molecule has 38 heavy (non-hydrogen) atoms. The molecule has 0 aromatic heterocycles. The highest BCUT2D eigenvalue weighted by Crippen LogP contribution is 2.31. The molecule has 0 fully saturated rings. The molecule has 0 unspecified atom stereocenters. The van der Waals surface area contributed by atoms with Crippen molar-refractivity contribution in [1.82, 2.24) is 0 Å². The predicted molar refractivity (Wildman–Crippen MR) is 158 cm³/mol. The average Bonchev–Trinajstić information content (AvgIpc) is 3.21. The topological polar surface area (TPSA) is 71.0 Å². The molecule has 1 aliphatic rings. The summed E-state index contributed by atoms with van der Waals surface area (Å²) < 4.78 is 5.23. The van der Waals surface area contributed by atoms with E-state index in [1.807, 2.05) is 62.4 Å². The Hall–Kier alpha value is -3.84. The zero-order valence-corrected chi connectivity index (χ0v) is 23.1. The number of anilines is 2. The molecular weight excluding hydrogens is 494 g/mol. The number of nitrogens with zero attached hydrogens (tertiary/aromatic N) is 2. The van der Waals surface area contributed by atoms with Crippen LogP contribution in [0.4, 0.5) is 11.4 Å². The summed E-state index contributed by atoms with van der Waals surface area (Å²) in [6, 6.07) is 21.4. The van der Waals surface area contributed by atoms with Gasteiger partial charge in [-0.05, 0) is 91.4 Å². The minimum Gasteiger partial charge on any atom is -0.497 e. The molecule has 0 aliphatic carbocycles. The number of aryl methyl sites for hydroxylation is 3. The van der Waals surface area contributed by atoms with E-state index in [4.69, 9.17) is 4.74 Å². The van der Waals surface area contributed by atoms with E-state index in [2.05, 4.69) is 35.4 Å². The number of amidine groups is 1. The average molecular weight is 528 g/mol. The Bertz CT molecular complexity index is 1340. The summed E-state index contributed by atoms with van der Waals surface area (Å²) in [5.41, 5.74) is 6.00. The quantitative estimate of drug-likeness (QED) is 0.312. The van der Waals surface area contributed by atoms with Crippen LogP contribution in [0.25, 0.3) is 6.08 Å². The molecule has 0 saturated carbocycles. The molecule has 7 heteroatoms. The first-order chi connectivity index (χ1) is 18.4. The van der Waals surface area contributed by atoms with Gasteiger partial charge in [0.15, 0.2) is 5.17 Å². The maximum atomic E-state index is 13.5. The molecule has 3 aromatic rings. The van der Waals surface area contributed by atoms with Crippen LogP contribution in [-0.4, -0.2) is 29.8 Å². The van der Waals surface area contributed by atoms with E-state index >= 15 is 0 Å². The Balaban J connectivity index is 1.52. The molecule has 0 spiro atoms. The van der Waals surface area contributed by atoms with E-state index in [-0.39, 0.29) is 17.6 Å². The fourth-order valence-corrected chi connectivity index (χ4v) is 5.03. The molecule has 4 rings (SSSR count). The fourth-order valence-electron chi connectivity index (χ4n) is 4.22. The van der Waals surface area contributed by atoms with E-state index in [0.29, 0.717) is 10.9 Å². The first-order valence-electron chi connectivity index (χ1n) is 12.7. The zero-order chi connectivity index (χ0) is 27.1. The van der Waals surface area contributed by atoms with Gasteiger partial charge in [0, 0.05) is 5.69 Å². The number of hydrogen-bond donors (Lipinski definition) is 1. The van der Waals surface area contributed by atoms with E-state index in [9.17, 15) is 9.59 Å². The van der Waals surface area contributed by atoms with Crippen LogP contribution in [0.1, 0.15) is 42.0 Å². The Labute approximate surface area is 228 Å². The molecule has 1 heterocycles. The highest BCUT2D eigenvalue weighted by molar-refractivity contribution is 8.14. The van der Waals surface area contributed by atoms with Gasteiger partial charge in [-0.2, -0.15) is 0 Å². The third-order valence-corrected chi connectivity index (χ3v) is 7.04. The maximum Gasteiger partial charge on any atom is 0.283 e. The first kappa shape index (κ1) is 27.2. The van der Waals surface area contributed by atoms with Crippen LogP contribution in [0.5, 0.6) is 5.75 Å². The molecule has 3 aromatic carbocycles. The van der Waals surface area contributed by atoms with Crippen molar-refractivity contribution in [2.24, 2.45) is 4.99 Å². The smallest absolute Gasteiger partial charge is 0.283 e. The minimum absolute atomic E-state index is 0.126. The summed E-state index contributed by atoms with van der Waals surface area (Å²) in [5, 5.41) is 3.43. The Morgan fingerprint density at radius 2 is 1.71 bits per heavy atom. The largest absolute Gasteiger partial charge is 0.497 e. The number of amides is 2. The second-order valence-corrected chi connectivity index (χ2v) is 10.3. The van der Waals surface area contributed by atoms with Crippen LogP contribution in [-0.2, 0) is 16.0 Å². The summed E-state index contributed by atoms with van der Waals surface area (Å²) in [6.45, 7) is 6.17. The Kier molecular flexibility index (Phi) is 9.02. The Morgan fingerprint density at radius 3 is 2.34 bits per heavy atom. The summed E-state index contributed by atoms with van der Waals surface area (Å²) in [7, 11) is 1.61. The normalized spacial score (nSPS) is 14.1. The molecule has 1 N–H and O–H groups in total. The van der Waals surface area contributed by atoms with Crippen LogP contribution < -0.4 is 15.0 Å². The van der Waals surface area contributed by atoms with Crippen molar-refractivity contribution >= 4 is 46.2 Å². The Morgan fingerprint density at radius 1 is 1.03 bits per heavy atom. The molecule has 6 nitrogen and oxygen atoms in total. The molecule has 196 valence electrons. The van der Waals surface area contributed by atoms with Crippen molar-refractivity contribution in [1.29, 1.82) is 0 Å². The SMILES string of the molecule is CCCCc1ccc(NC(=O)CSC2=N/C(=C/c3ccc(OC)cc3)C(=O)N2c2cc(C)cc(C)c2)cc1. The van der Waals surface area contributed by atoms with Gasteiger partial charge in [0.25, 0.3) is 5.91 Å². The fraction of sp³-hybridized carbons (Fsp3) is 0.258. The van der Waals surface area contributed by atoms with Gasteiger partial charge in [-0.25, -0.2) is 4.99 Å². The number of ether oxygens (including phenoxy) is 1. The molecular formula is C31H33N3O3S. The van der Waals surface area contributed by atoms with Gasteiger partial charge in [0.2, 0.25) is 5.91 Å². The standard InChI is InChI=1S/C31H33N3O3S/c1-5-6-7-23-8-12-25(13-9-23)32-29(35)20-38-31-33-28(19-24-10-14-27(37-4)15-11-24)30(36)34(31)26-17-21(2)16-22(3)18-26/h8-19H,5-7,20H2,1-4H3,(H,32,35)/b28-19+. The van der Waals surface area contributed by atoms with Crippen molar-refractivity contribution in [3.05, 3.63) is 94.7 Å². The number of unbranched alkanes of at least 4 members (excludes halogenated alkanes) is 1. The monoisotopic (exact) mass is 527 g/mol. The number of benzene rings is 3.